The molecule has 0 N–H and O–H groups in total. The van der Waals surface area contributed by atoms with E-state index >= 15 is 0 Å². The number of ether oxygens (including phenoxy) is 4. The monoisotopic (exact) mass is 230 g/mol. The summed E-state index contributed by atoms with van der Waals surface area (Å²) >= 11 is 0. The first-order valence-electron chi connectivity index (χ1n) is 6.36. The summed E-state index contributed by atoms with van der Waals surface area (Å²) in [6.45, 7) is 4.97. The number of hydrogen-bond donors (Lipinski definition) is 0. The second-order valence-corrected chi connectivity index (χ2v) is 4.44. The van der Waals surface area contributed by atoms with Crippen molar-refractivity contribution >= 4 is 0 Å². The predicted molar refractivity (Wildman–Crippen MR) is 59.1 cm³/mol. The van der Waals surface area contributed by atoms with Crippen molar-refractivity contribution in [1.29, 1.82) is 0 Å². The van der Waals surface area contributed by atoms with Crippen molar-refractivity contribution in [3.05, 3.63) is 0 Å². The largest absolute Gasteiger partial charge is 0.350 e. The summed E-state index contributed by atoms with van der Waals surface area (Å²) in [6, 6.07) is 0. The molecule has 0 aliphatic carbocycles. The Balaban J connectivity index is 1.82. The summed E-state index contributed by atoms with van der Waals surface area (Å²) in [6.07, 6.45) is 5.09. The molecule has 94 valence electrons. The maximum absolute atomic E-state index is 5.77. The molecule has 2 aliphatic heterocycles. The average molecular weight is 230 g/mol. The number of unbranched alkanes of at least 4 members (excludes halogenated alkanes) is 2. The highest BCUT2D eigenvalue weighted by Gasteiger charge is 2.39. The molecule has 16 heavy (non-hydrogen) atoms. The van der Waals surface area contributed by atoms with E-state index in [-0.39, 0.29) is 6.29 Å². The molecule has 0 unspecified atom stereocenters. The minimum Gasteiger partial charge on any atom is -0.350 e. The Bertz CT molecular complexity index is 195. The molecule has 2 aliphatic rings. The van der Waals surface area contributed by atoms with E-state index in [9.17, 15) is 0 Å². The van der Waals surface area contributed by atoms with Gasteiger partial charge in [-0.15, -0.1) is 0 Å². The van der Waals surface area contributed by atoms with Crippen LogP contribution in [0.1, 0.15) is 39.0 Å². The van der Waals surface area contributed by atoms with Crippen molar-refractivity contribution in [2.75, 3.05) is 26.4 Å². The third-order valence-corrected chi connectivity index (χ3v) is 3.14. The first-order chi connectivity index (χ1) is 7.85. The Morgan fingerprint density at radius 1 is 1.00 bits per heavy atom. The molecular weight excluding hydrogens is 208 g/mol. The van der Waals surface area contributed by atoms with Crippen molar-refractivity contribution in [2.24, 2.45) is 0 Å². The van der Waals surface area contributed by atoms with Gasteiger partial charge in [0.2, 0.25) is 0 Å². The van der Waals surface area contributed by atoms with Crippen molar-refractivity contribution < 1.29 is 18.9 Å². The van der Waals surface area contributed by atoms with E-state index in [1.807, 2.05) is 0 Å². The molecule has 0 saturated carbocycles. The summed E-state index contributed by atoms with van der Waals surface area (Å²) in [5.74, 6) is -0.440. The first kappa shape index (κ1) is 12.3. The van der Waals surface area contributed by atoms with Crippen LogP contribution >= 0.6 is 0 Å². The second-order valence-electron chi connectivity index (χ2n) is 4.44. The Morgan fingerprint density at radius 3 is 2.31 bits per heavy atom. The zero-order chi connectivity index (χ0) is 11.3. The molecule has 2 saturated heterocycles. The topological polar surface area (TPSA) is 36.9 Å². The van der Waals surface area contributed by atoms with Crippen molar-refractivity contribution in [3.63, 3.8) is 0 Å². The molecule has 0 bridgehead atoms. The van der Waals surface area contributed by atoms with Gasteiger partial charge in [0.05, 0.1) is 32.8 Å². The highest BCUT2D eigenvalue weighted by molar-refractivity contribution is 4.77. The van der Waals surface area contributed by atoms with E-state index in [1.54, 1.807) is 0 Å². The van der Waals surface area contributed by atoms with Crippen LogP contribution in [0.4, 0.5) is 0 Å². The average Bonchev–Trinajstić information content (AvgIpc) is 2.91. The van der Waals surface area contributed by atoms with Crippen LogP contribution in [0.3, 0.4) is 0 Å². The normalized spacial score (nSPS) is 25.3. The number of hydrogen-bond acceptors (Lipinski definition) is 4. The fraction of sp³-hybridized carbons (Fsp3) is 1.00. The van der Waals surface area contributed by atoms with Crippen molar-refractivity contribution in [2.45, 2.75) is 51.1 Å². The van der Waals surface area contributed by atoms with Gasteiger partial charge in [-0.05, 0) is 6.42 Å². The fourth-order valence-corrected chi connectivity index (χ4v) is 2.28. The van der Waals surface area contributed by atoms with Gasteiger partial charge in [-0.3, -0.25) is 0 Å². The molecule has 2 rings (SSSR count). The molecule has 4 heteroatoms. The Labute approximate surface area is 97.2 Å². The molecule has 0 aromatic carbocycles. The zero-order valence-corrected chi connectivity index (χ0v) is 10.1. The lowest BCUT2D eigenvalue weighted by Gasteiger charge is -2.29. The van der Waals surface area contributed by atoms with Crippen LogP contribution in [-0.2, 0) is 18.9 Å². The molecule has 0 aromatic rings. The third kappa shape index (κ3) is 3.17. The van der Waals surface area contributed by atoms with Gasteiger partial charge in [0.15, 0.2) is 12.1 Å². The van der Waals surface area contributed by atoms with E-state index in [1.165, 1.54) is 12.8 Å². The van der Waals surface area contributed by atoms with E-state index in [0.29, 0.717) is 32.8 Å². The predicted octanol–water partition coefficient (Wildman–Crippen LogP) is 2.07. The summed E-state index contributed by atoms with van der Waals surface area (Å²) < 4.78 is 22.5. The van der Waals surface area contributed by atoms with Gasteiger partial charge >= 0.3 is 0 Å². The molecule has 0 spiro atoms. The van der Waals surface area contributed by atoms with Gasteiger partial charge < -0.3 is 18.9 Å². The Morgan fingerprint density at radius 2 is 1.69 bits per heavy atom. The van der Waals surface area contributed by atoms with E-state index in [4.69, 9.17) is 18.9 Å². The smallest absolute Gasteiger partial charge is 0.173 e. The minimum absolute atomic E-state index is 0.139. The van der Waals surface area contributed by atoms with Gasteiger partial charge in [-0.2, -0.15) is 0 Å². The summed E-state index contributed by atoms with van der Waals surface area (Å²) in [5, 5.41) is 0. The number of rotatable bonds is 6. The molecule has 0 radical (unpaired) electrons. The summed E-state index contributed by atoms with van der Waals surface area (Å²) in [5.41, 5.74) is 0. The van der Waals surface area contributed by atoms with Crippen LogP contribution in [0.5, 0.6) is 0 Å². The zero-order valence-electron chi connectivity index (χ0n) is 10.1. The molecule has 4 nitrogen and oxygen atoms in total. The highest BCUT2D eigenvalue weighted by atomic mass is 16.8. The standard InChI is InChI=1S/C12H22O4/c1-2-3-4-5-12(15-8-9-16-12)10-11-13-6-7-14-11/h11H,2-10H2,1H3. The summed E-state index contributed by atoms with van der Waals surface area (Å²) in [4.78, 5) is 0. The quantitative estimate of drug-likeness (QED) is 0.655. The van der Waals surface area contributed by atoms with Gasteiger partial charge in [0.1, 0.15) is 0 Å². The van der Waals surface area contributed by atoms with Crippen LogP contribution in [0, 0.1) is 0 Å². The highest BCUT2D eigenvalue weighted by Crippen LogP contribution is 2.32. The van der Waals surface area contributed by atoms with E-state index < -0.39 is 5.79 Å². The van der Waals surface area contributed by atoms with Gasteiger partial charge in [-0.1, -0.05) is 19.8 Å². The van der Waals surface area contributed by atoms with E-state index in [0.717, 1.165) is 12.8 Å². The second kappa shape index (κ2) is 5.96. The lowest BCUT2D eigenvalue weighted by Crippen LogP contribution is -2.35. The molecule has 0 atom stereocenters. The lowest BCUT2D eigenvalue weighted by molar-refractivity contribution is -0.207. The van der Waals surface area contributed by atoms with Crippen LogP contribution in [0.2, 0.25) is 0 Å². The lowest BCUT2D eigenvalue weighted by atomic mass is 10.0. The van der Waals surface area contributed by atoms with Crippen LogP contribution in [0.15, 0.2) is 0 Å². The van der Waals surface area contributed by atoms with Crippen LogP contribution in [-0.4, -0.2) is 38.5 Å². The maximum atomic E-state index is 5.77. The molecular formula is C12H22O4. The SMILES string of the molecule is CCCCCC1(CC2OCCO2)OCCO1. The first-order valence-corrected chi connectivity index (χ1v) is 6.36. The minimum atomic E-state index is -0.440. The molecule has 2 heterocycles. The summed E-state index contributed by atoms with van der Waals surface area (Å²) in [7, 11) is 0. The van der Waals surface area contributed by atoms with Gasteiger partial charge in [0.25, 0.3) is 0 Å². The Hall–Kier alpha value is -0.160. The maximum Gasteiger partial charge on any atom is 0.173 e. The molecule has 0 aromatic heterocycles. The fourth-order valence-electron chi connectivity index (χ4n) is 2.28. The van der Waals surface area contributed by atoms with Crippen molar-refractivity contribution in [3.8, 4) is 0 Å². The van der Waals surface area contributed by atoms with Crippen LogP contribution in [0.25, 0.3) is 0 Å². The van der Waals surface area contributed by atoms with Crippen LogP contribution < -0.4 is 0 Å². The van der Waals surface area contributed by atoms with Gasteiger partial charge in [0, 0.05) is 6.42 Å². The molecule has 0 amide bonds. The molecule has 2 fully saturated rings. The van der Waals surface area contributed by atoms with Crippen molar-refractivity contribution in [1.82, 2.24) is 0 Å². The third-order valence-electron chi connectivity index (χ3n) is 3.14. The Kier molecular flexibility index (Phi) is 4.58. The van der Waals surface area contributed by atoms with E-state index in [2.05, 4.69) is 6.92 Å². The van der Waals surface area contributed by atoms with Gasteiger partial charge in [-0.25, -0.2) is 0 Å².